The van der Waals surface area contributed by atoms with Crippen molar-refractivity contribution in [1.82, 2.24) is 14.3 Å². The zero-order valence-corrected chi connectivity index (χ0v) is 28.7. The van der Waals surface area contributed by atoms with E-state index in [-0.39, 0.29) is 29.2 Å². The summed E-state index contributed by atoms with van der Waals surface area (Å²) in [4.78, 5) is 44.8. The van der Waals surface area contributed by atoms with Gasteiger partial charge >= 0.3 is 11.9 Å². The van der Waals surface area contributed by atoms with E-state index < -0.39 is 18.0 Å². The van der Waals surface area contributed by atoms with E-state index in [4.69, 9.17) is 29.0 Å². The normalized spacial score (nSPS) is 14.1. The third-order valence-electron chi connectivity index (χ3n) is 7.82. The van der Waals surface area contributed by atoms with Crippen molar-refractivity contribution >= 4 is 29.4 Å². The number of esters is 2. The first-order chi connectivity index (χ1) is 24.2. The SMILES string of the molecule is C=CCOC(=O)C1=C(C)N=c2s/c(=C\c3cn(-c4ccccc4)nc3-c3ccc(OCC)cc3)c(=O)n2[C@H]1c1ccc(OC(C)=O)c(OC)c1. The molecule has 0 amide bonds. The molecular formula is C38H34N4O7S. The van der Waals surface area contributed by atoms with Crippen molar-refractivity contribution in [3.63, 3.8) is 0 Å². The highest BCUT2D eigenvalue weighted by Gasteiger charge is 2.34. The van der Waals surface area contributed by atoms with Crippen molar-refractivity contribution < 1.29 is 28.5 Å². The van der Waals surface area contributed by atoms with Crippen LogP contribution < -0.4 is 29.1 Å². The van der Waals surface area contributed by atoms with Crippen LogP contribution in [0, 0.1) is 0 Å². The highest BCUT2D eigenvalue weighted by molar-refractivity contribution is 7.07. The molecule has 0 unspecified atom stereocenters. The summed E-state index contributed by atoms with van der Waals surface area (Å²) in [5.74, 6) is 0.0273. The molecule has 0 saturated heterocycles. The highest BCUT2D eigenvalue weighted by Crippen LogP contribution is 2.36. The molecule has 0 N–H and O–H groups in total. The smallest absolute Gasteiger partial charge is 0.338 e. The number of carbonyl (C=O) groups excluding carboxylic acids is 2. The molecule has 0 aliphatic carbocycles. The number of hydrogen-bond acceptors (Lipinski definition) is 10. The van der Waals surface area contributed by atoms with E-state index in [0.717, 1.165) is 17.0 Å². The highest BCUT2D eigenvalue weighted by atomic mass is 32.1. The lowest BCUT2D eigenvalue weighted by molar-refractivity contribution is -0.138. The van der Waals surface area contributed by atoms with Crippen molar-refractivity contribution in [2.45, 2.75) is 26.8 Å². The van der Waals surface area contributed by atoms with Crippen LogP contribution in [0.1, 0.15) is 37.9 Å². The Kier molecular flexibility index (Phi) is 9.91. The van der Waals surface area contributed by atoms with Crippen LogP contribution in [0.3, 0.4) is 0 Å². The number of carbonyl (C=O) groups is 2. The minimum Gasteiger partial charge on any atom is -0.494 e. The summed E-state index contributed by atoms with van der Waals surface area (Å²) in [6.07, 6.45) is 5.13. The monoisotopic (exact) mass is 690 g/mol. The van der Waals surface area contributed by atoms with E-state index >= 15 is 0 Å². The number of allylic oxidation sites excluding steroid dienone is 1. The van der Waals surface area contributed by atoms with Crippen LogP contribution in [-0.4, -0.2) is 46.6 Å². The molecule has 0 bridgehead atoms. The van der Waals surface area contributed by atoms with Gasteiger partial charge in [0.1, 0.15) is 18.1 Å². The molecule has 0 fully saturated rings. The van der Waals surface area contributed by atoms with Crippen molar-refractivity contribution in [3.8, 4) is 34.2 Å². The van der Waals surface area contributed by atoms with Crippen LogP contribution in [0.5, 0.6) is 17.2 Å². The van der Waals surface area contributed by atoms with Gasteiger partial charge in [-0.15, -0.1) is 0 Å². The third-order valence-corrected chi connectivity index (χ3v) is 8.80. The second kappa shape index (κ2) is 14.6. The van der Waals surface area contributed by atoms with Gasteiger partial charge in [-0.2, -0.15) is 5.10 Å². The van der Waals surface area contributed by atoms with Crippen molar-refractivity contribution in [1.29, 1.82) is 0 Å². The Morgan fingerprint density at radius 3 is 2.48 bits per heavy atom. The second-order valence-corrected chi connectivity index (χ2v) is 12.2. The number of thiazole rings is 1. The van der Waals surface area contributed by atoms with E-state index in [1.165, 1.54) is 36.0 Å². The molecular weight excluding hydrogens is 657 g/mol. The average molecular weight is 691 g/mol. The molecule has 50 heavy (non-hydrogen) atoms. The van der Waals surface area contributed by atoms with Gasteiger partial charge in [-0.1, -0.05) is 48.3 Å². The summed E-state index contributed by atoms with van der Waals surface area (Å²) >= 11 is 1.20. The van der Waals surface area contributed by atoms with E-state index in [2.05, 4.69) is 6.58 Å². The van der Waals surface area contributed by atoms with Gasteiger partial charge in [0.2, 0.25) is 0 Å². The molecule has 2 aromatic heterocycles. The predicted molar refractivity (Wildman–Crippen MR) is 189 cm³/mol. The Morgan fingerprint density at radius 2 is 1.80 bits per heavy atom. The zero-order chi connectivity index (χ0) is 35.4. The molecule has 0 saturated carbocycles. The fraction of sp³-hybridized carbons (Fsp3) is 0.184. The van der Waals surface area contributed by atoms with Crippen molar-refractivity contribution in [2.24, 2.45) is 4.99 Å². The summed E-state index contributed by atoms with van der Waals surface area (Å²) in [7, 11) is 1.44. The maximum absolute atomic E-state index is 14.4. The first kappa shape index (κ1) is 33.9. The Labute approximate surface area is 291 Å². The van der Waals surface area contributed by atoms with E-state index in [1.54, 1.807) is 35.9 Å². The number of rotatable bonds is 11. The lowest BCUT2D eigenvalue weighted by Gasteiger charge is -2.25. The topological polar surface area (TPSA) is 123 Å². The van der Waals surface area contributed by atoms with Crippen LogP contribution in [0.2, 0.25) is 0 Å². The number of ether oxygens (including phenoxy) is 4. The molecule has 1 aliphatic heterocycles. The molecule has 0 spiro atoms. The minimum atomic E-state index is -0.927. The predicted octanol–water partition coefficient (Wildman–Crippen LogP) is 5.15. The molecule has 3 aromatic carbocycles. The molecule has 12 heteroatoms. The molecule has 6 rings (SSSR count). The molecule has 3 heterocycles. The number of methoxy groups -OCH3 is 1. The Morgan fingerprint density at radius 1 is 1.04 bits per heavy atom. The third kappa shape index (κ3) is 6.78. The minimum absolute atomic E-state index is 0.0266. The molecule has 1 aliphatic rings. The van der Waals surface area contributed by atoms with E-state index in [1.807, 2.05) is 67.7 Å². The Balaban J connectivity index is 1.54. The summed E-state index contributed by atoms with van der Waals surface area (Å²) in [5.41, 5.74) is 3.79. The van der Waals surface area contributed by atoms with Crippen molar-refractivity contribution in [2.75, 3.05) is 20.3 Å². The summed E-state index contributed by atoms with van der Waals surface area (Å²) in [6, 6.07) is 21.3. The van der Waals surface area contributed by atoms with Crippen LogP contribution in [0.25, 0.3) is 23.0 Å². The zero-order valence-electron chi connectivity index (χ0n) is 27.9. The fourth-order valence-corrected chi connectivity index (χ4v) is 6.69. The Bertz CT molecular complexity index is 2300. The summed E-state index contributed by atoms with van der Waals surface area (Å²) < 4.78 is 25.6. The van der Waals surface area contributed by atoms with Gasteiger partial charge in [0.05, 0.1) is 41.2 Å². The van der Waals surface area contributed by atoms with Crippen LogP contribution in [0.15, 0.2) is 113 Å². The number of benzene rings is 3. The molecule has 254 valence electrons. The fourth-order valence-electron chi connectivity index (χ4n) is 5.65. The largest absolute Gasteiger partial charge is 0.494 e. The number of para-hydroxylation sites is 1. The molecule has 11 nitrogen and oxygen atoms in total. The first-order valence-corrected chi connectivity index (χ1v) is 16.6. The van der Waals surface area contributed by atoms with Crippen LogP contribution in [0.4, 0.5) is 0 Å². The van der Waals surface area contributed by atoms with Gasteiger partial charge < -0.3 is 18.9 Å². The van der Waals surface area contributed by atoms with Crippen molar-refractivity contribution in [3.05, 3.63) is 134 Å². The standard InChI is InChI=1S/C38H34N4O7S/c1-6-19-48-37(45)33-23(3)39-38-42(35(33)26-15-18-30(49-24(4)43)31(20-26)46-5)36(44)32(50-38)21-27-22-41(28-11-9-8-10-12-28)40-34(27)25-13-16-29(17-14-25)47-7-2/h6,8-18,20-22,35H,1,7,19H2,2-5H3/b32-21-/t35-/m0/s1. The number of hydrogen-bond donors (Lipinski definition) is 0. The van der Waals surface area contributed by atoms with Gasteiger partial charge in [0.15, 0.2) is 16.3 Å². The van der Waals surface area contributed by atoms with E-state index in [0.29, 0.717) is 38.5 Å². The number of fused-ring (bicyclic) bond motifs is 1. The second-order valence-electron chi connectivity index (χ2n) is 11.1. The first-order valence-electron chi connectivity index (χ1n) is 15.8. The summed E-state index contributed by atoms with van der Waals surface area (Å²) in [6.45, 7) is 9.08. The van der Waals surface area contributed by atoms with Gasteiger partial charge in [-0.25, -0.2) is 14.5 Å². The average Bonchev–Trinajstić information content (AvgIpc) is 3.67. The van der Waals surface area contributed by atoms with Gasteiger partial charge in [-0.05, 0) is 74.0 Å². The molecule has 1 atom stereocenters. The van der Waals surface area contributed by atoms with Crippen LogP contribution in [-0.2, 0) is 14.3 Å². The molecule has 0 radical (unpaired) electrons. The number of nitrogens with zero attached hydrogens (tertiary/aromatic N) is 4. The number of aromatic nitrogens is 3. The van der Waals surface area contributed by atoms with Crippen LogP contribution >= 0.6 is 11.3 Å². The van der Waals surface area contributed by atoms with Gasteiger partial charge in [0, 0.05) is 24.2 Å². The maximum Gasteiger partial charge on any atom is 0.338 e. The maximum atomic E-state index is 14.4. The molecule has 5 aromatic rings. The Hall–Kier alpha value is -6.01. The lowest BCUT2D eigenvalue weighted by Crippen LogP contribution is -2.40. The quantitative estimate of drug-likeness (QED) is 0.106. The van der Waals surface area contributed by atoms with Gasteiger partial charge in [-0.3, -0.25) is 14.2 Å². The summed E-state index contributed by atoms with van der Waals surface area (Å²) in [5, 5.41) is 4.91. The van der Waals surface area contributed by atoms with E-state index in [9.17, 15) is 14.4 Å². The lowest BCUT2D eigenvalue weighted by atomic mass is 9.95. The van der Waals surface area contributed by atoms with Gasteiger partial charge in [0.25, 0.3) is 5.56 Å².